The lowest BCUT2D eigenvalue weighted by Crippen LogP contribution is -2.04. The number of hydrogen-bond acceptors (Lipinski definition) is 4. The number of amides is 1. The molecule has 0 aliphatic heterocycles. The van der Waals surface area contributed by atoms with E-state index in [4.69, 9.17) is 14.8 Å². The molecule has 1 heterocycles. The molecule has 6 heteroatoms. The Balaban J connectivity index is 3.08. The zero-order chi connectivity index (χ0) is 10.7. The van der Waals surface area contributed by atoms with E-state index < -0.39 is 17.6 Å². The molecular formula is C8H6N2O4. The van der Waals surface area contributed by atoms with Gasteiger partial charge in [0.2, 0.25) is 17.6 Å². The summed E-state index contributed by atoms with van der Waals surface area (Å²) >= 11 is 0. The molecule has 0 spiro atoms. The molecule has 1 aromatic heterocycles. The van der Waals surface area contributed by atoms with Crippen LogP contribution in [0.25, 0.3) is 0 Å². The maximum atomic E-state index is 10.6. The first-order chi connectivity index (χ1) is 6.54. The van der Waals surface area contributed by atoms with Crippen molar-refractivity contribution in [2.45, 2.75) is 6.92 Å². The van der Waals surface area contributed by atoms with Crippen LogP contribution in [0.3, 0.4) is 0 Å². The largest absolute Gasteiger partial charge is 0.475 e. The number of rotatable bonds is 2. The Morgan fingerprint density at radius 2 is 2.29 bits per heavy atom. The van der Waals surface area contributed by atoms with Crippen molar-refractivity contribution in [3.8, 4) is 6.07 Å². The summed E-state index contributed by atoms with van der Waals surface area (Å²) in [4.78, 5) is 21.1. The molecule has 0 fully saturated rings. The van der Waals surface area contributed by atoms with E-state index in [9.17, 15) is 9.59 Å². The Morgan fingerprint density at radius 1 is 1.64 bits per heavy atom. The Hall–Kier alpha value is -2.29. The summed E-state index contributed by atoms with van der Waals surface area (Å²) in [7, 11) is 0. The number of furan rings is 1. The lowest BCUT2D eigenvalue weighted by molar-refractivity contribution is -0.114. The number of nitrogens with one attached hydrogen (secondary N) is 1. The fourth-order valence-corrected chi connectivity index (χ4v) is 0.868. The van der Waals surface area contributed by atoms with E-state index in [1.165, 1.54) is 6.92 Å². The van der Waals surface area contributed by atoms with Gasteiger partial charge in [-0.25, -0.2) is 4.79 Å². The molecule has 72 valence electrons. The number of hydrogen-bond donors (Lipinski definition) is 2. The van der Waals surface area contributed by atoms with E-state index in [1.807, 2.05) is 0 Å². The molecule has 0 aromatic carbocycles. The highest BCUT2D eigenvalue weighted by molar-refractivity contribution is 5.91. The topological polar surface area (TPSA) is 103 Å². The molecule has 2 N–H and O–H groups in total. The van der Waals surface area contributed by atoms with Crippen molar-refractivity contribution in [2.75, 3.05) is 5.32 Å². The lowest BCUT2D eigenvalue weighted by atomic mass is 10.3. The summed E-state index contributed by atoms with van der Waals surface area (Å²) in [5, 5.41) is 19.4. The number of carbonyl (C=O) groups is 2. The normalized spacial score (nSPS) is 9.14. The van der Waals surface area contributed by atoms with Crippen molar-refractivity contribution in [1.29, 1.82) is 5.26 Å². The summed E-state index contributed by atoms with van der Waals surface area (Å²) in [6.45, 7) is 1.25. The predicted octanol–water partition coefficient (Wildman–Crippen LogP) is 0.808. The molecule has 0 bridgehead atoms. The van der Waals surface area contributed by atoms with Crippen molar-refractivity contribution in [3.05, 3.63) is 17.4 Å². The Bertz CT molecular complexity index is 427. The zero-order valence-electron chi connectivity index (χ0n) is 7.20. The van der Waals surface area contributed by atoms with Gasteiger partial charge in [-0.3, -0.25) is 10.1 Å². The highest BCUT2D eigenvalue weighted by Crippen LogP contribution is 2.18. The molecule has 0 aliphatic carbocycles. The van der Waals surface area contributed by atoms with Gasteiger partial charge < -0.3 is 9.52 Å². The van der Waals surface area contributed by atoms with Gasteiger partial charge in [0.05, 0.1) is 0 Å². The smallest absolute Gasteiger partial charge is 0.373 e. The van der Waals surface area contributed by atoms with Crippen LogP contribution >= 0.6 is 0 Å². The molecule has 0 saturated heterocycles. The van der Waals surface area contributed by atoms with Gasteiger partial charge >= 0.3 is 5.97 Å². The van der Waals surface area contributed by atoms with Crippen LogP contribution in [0, 0.1) is 11.3 Å². The first kappa shape index (κ1) is 9.80. The number of carbonyl (C=O) groups excluding carboxylic acids is 1. The molecule has 14 heavy (non-hydrogen) atoms. The van der Waals surface area contributed by atoms with Crippen molar-refractivity contribution < 1.29 is 19.1 Å². The molecule has 1 amide bonds. The van der Waals surface area contributed by atoms with Crippen molar-refractivity contribution in [1.82, 2.24) is 0 Å². The van der Waals surface area contributed by atoms with Crippen LogP contribution < -0.4 is 5.32 Å². The van der Waals surface area contributed by atoms with E-state index in [0.29, 0.717) is 0 Å². The molecular weight excluding hydrogens is 188 g/mol. The number of carboxylic acid groups (broad SMARTS) is 1. The maximum Gasteiger partial charge on any atom is 0.373 e. The molecule has 0 aliphatic rings. The van der Waals surface area contributed by atoms with Crippen LogP contribution in [0.4, 0.5) is 5.88 Å². The molecule has 0 radical (unpaired) electrons. The molecule has 0 unspecified atom stereocenters. The highest BCUT2D eigenvalue weighted by Gasteiger charge is 2.17. The number of anilines is 1. The minimum absolute atomic E-state index is 0.0496. The van der Waals surface area contributed by atoms with Crippen LogP contribution in [0.2, 0.25) is 0 Å². The van der Waals surface area contributed by atoms with Gasteiger partial charge in [-0.05, 0) is 0 Å². The number of nitriles is 1. The van der Waals surface area contributed by atoms with Gasteiger partial charge in [0.1, 0.15) is 11.6 Å². The summed E-state index contributed by atoms with van der Waals surface area (Å²) in [6.07, 6.45) is 0. The lowest BCUT2D eigenvalue weighted by Gasteiger charge is -1.93. The Morgan fingerprint density at radius 3 is 2.64 bits per heavy atom. The minimum Gasteiger partial charge on any atom is -0.475 e. The van der Waals surface area contributed by atoms with Crippen molar-refractivity contribution in [2.24, 2.45) is 0 Å². The van der Waals surface area contributed by atoms with E-state index >= 15 is 0 Å². The fourth-order valence-electron chi connectivity index (χ4n) is 0.868. The van der Waals surface area contributed by atoms with Crippen LogP contribution in [0.15, 0.2) is 10.5 Å². The van der Waals surface area contributed by atoms with E-state index in [2.05, 4.69) is 5.32 Å². The van der Waals surface area contributed by atoms with Crippen LogP contribution in [-0.2, 0) is 4.79 Å². The third kappa shape index (κ3) is 1.90. The monoisotopic (exact) mass is 194 g/mol. The zero-order valence-corrected chi connectivity index (χ0v) is 7.20. The summed E-state index contributed by atoms with van der Waals surface area (Å²) < 4.78 is 4.72. The standard InChI is InChI=1S/C8H6N2O4/c1-4(11)10-6-2-5(3-9)7(14-6)8(12)13/h2H,1H3,(H,10,11)(H,12,13). The Kier molecular flexibility index (Phi) is 2.53. The molecule has 0 atom stereocenters. The van der Waals surface area contributed by atoms with Gasteiger partial charge in [-0.2, -0.15) is 5.26 Å². The average Bonchev–Trinajstić information content (AvgIpc) is 2.46. The van der Waals surface area contributed by atoms with Crippen molar-refractivity contribution >= 4 is 17.8 Å². The molecule has 1 aromatic rings. The number of nitrogens with zero attached hydrogens (tertiary/aromatic N) is 1. The van der Waals surface area contributed by atoms with E-state index in [-0.39, 0.29) is 11.4 Å². The molecule has 1 rings (SSSR count). The summed E-state index contributed by atoms with van der Waals surface area (Å²) in [5.74, 6) is -2.28. The first-order valence-corrected chi connectivity index (χ1v) is 3.59. The predicted molar refractivity (Wildman–Crippen MR) is 44.7 cm³/mol. The third-order valence-corrected chi connectivity index (χ3v) is 1.35. The fraction of sp³-hybridized carbons (Fsp3) is 0.125. The molecule has 0 saturated carbocycles. The van der Waals surface area contributed by atoms with E-state index in [1.54, 1.807) is 6.07 Å². The third-order valence-electron chi connectivity index (χ3n) is 1.35. The second-order valence-corrected chi connectivity index (χ2v) is 2.45. The average molecular weight is 194 g/mol. The van der Waals surface area contributed by atoms with Gasteiger partial charge in [-0.15, -0.1) is 0 Å². The SMILES string of the molecule is CC(=O)Nc1cc(C#N)c(C(=O)O)o1. The second-order valence-electron chi connectivity index (χ2n) is 2.45. The van der Waals surface area contributed by atoms with E-state index in [0.717, 1.165) is 6.07 Å². The maximum absolute atomic E-state index is 10.6. The highest BCUT2D eigenvalue weighted by atomic mass is 16.4. The number of aromatic carboxylic acids is 1. The van der Waals surface area contributed by atoms with Crippen LogP contribution in [-0.4, -0.2) is 17.0 Å². The van der Waals surface area contributed by atoms with Crippen LogP contribution in [0.1, 0.15) is 23.0 Å². The van der Waals surface area contributed by atoms with Gasteiger partial charge in [0.15, 0.2) is 0 Å². The second kappa shape index (κ2) is 3.62. The minimum atomic E-state index is -1.35. The van der Waals surface area contributed by atoms with Gasteiger partial charge in [0.25, 0.3) is 0 Å². The van der Waals surface area contributed by atoms with Crippen molar-refractivity contribution in [3.63, 3.8) is 0 Å². The summed E-state index contributed by atoms with van der Waals surface area (Å²) in [6, 6.07) is 2.80. The number of carboxylic acids is 1. The first-order valence-electron chi connectivity index (χ1n) is 3.59. The summed E-state index contributed by atoms with van der Waals surface area (Å²) in [5.41, 5.74) is -0.124. The van der Waals surface area contributed by atoms with Gasteiger partial charge in [-0.1, -0.05) is 0 Å². The molecule has 6 nitrogen and oxygen atoms in total. The Labute approximate surface area is 78.7 Å². The van der Waals surface area contributed by atoms with Gasteiger partial charge in [0, 0.05) is 13.0 Å². The quantitative estimate of drug-likeness (QED) is 0.724. The van der Waals surface area contributed by atoms with Crippen LogP contribution in [0.5, 0.6) is 0 Å².